The van der Waals surface area contributed by atoms with Gasteiger partial charge in [0, 0.05) is 38.1 Å². The van der Waals surface area contributed by atoms with Crippen LogP contribution < -0.4 is 5.73 Å². The Morgan fingerprint density at radius 3 is 2.79 bits per heavy atom. The fraction of sp³-hybridized carbons (Fsp3) is 0.667. The van der Waals surface area contributed by atoms with Gasteiger partial charge in [0.15, 0.2) is 0 Å². The molecule has 0 radical (unpaired) electrons. The van der Waals surface area contributed by atoms with Crippen molar-refractivity contribution in [3.8, 4) is 0 Å². The van der Waals surface area contributed by atoms with Crippen LogP contribution in [0.15, 0.2) is 18.5 Å². The first-order valence-corrected chi connectivity index (χ1v) is 7.25. The van der Waals surface area contributed by atoms with Gasteiger partial charge in [-0.1, -0.05) is 0 Å². The molecule has 106 valence electrons. The number of hydrogen-bond donors (Lipinski definition) is 1. The quantitative estimate of drug-likeness (QED) is 0.842. The Labute approximate surface area is 116 Å². The summed E-state index contributed by atoms with van der Waals surface area (Å²) < 4.78 is 0. The molecule has 1 aromatic heterocycles. The minimum atomic E-state index is 0.274. The van der Waals surface area contributed by atoms with Crippen molar-refractivity contribution in [2.24, 2.45) is 5.73 Å². The van der Waals surface area contributed by atoms with Gasteiger partial charge in [-0.05, 0) is 57.1 Å². The fourth-order valence-electron chi connectivity index (χ4n) is 2.83. The molecule has 2 rings (SSSR count). The van der Waals surface area contributed by atoms with Crippen LogP contribution >= 0.6 is 0 Å². The summed E-state index contributed by atoms with van der Waals surface area (Å²) in [6, 6.07) is 2.34. The molecular weight excluding hydrogens is 236 g/mol. The third-order valence-corrected chi connectivity index (χ3v) is 4.16. The molecular formula is C15H26N4. The molecule has 2 heterocycles. The zero-order valence-electron chi connectivity index (χ0n) is 12.2. The minimum absolute atomic E-state index is 0.274. The third kappa shape index (κ3) is 3.75. The zero-order chi connectivity index (χ0) is 13.7. The van der Waals surface area contributed by atoms with Crippen LogP contribution in [-0.2, 0) is 0 Å². The molecule has 1 saturated heterocycles. The molecule has 19 heavy (non-hydrogen) atoms. The minimum Gasteiger partial charge on any atom is -0.329 e. The summed E-state index contributed by atoms with van der Waals surface area (Å²) in [5, 5.41) is 0. The number of nitrogens with two attached hydrogens (primary N) is 1. The SMILES string of the molecule is Cc1ccncc1C(CN)N(C)CCN1CCCC1. The molecule has 0 aromatic carbocycles. The second-order valence-electron chi connectivity index (χ2n) is 5.51. The van der Waals surface area contributed by atoms with Gasteiger partial charge in [0.2, 0.25) is 0 Å². The van der Waals surface area contributed by atoms with Gasteiger partial charge in [-0.3, -0.25) is 9.88 Å². The second-order valence-corrected chi connectivity index (χ2v) is 5.51. The van der Waals surface area contributed by atoms with Gasteiger partial charge in [0.25, 0.3) is 0 Å². The van der Waals surface area contributed by atoms with Crippen molar-refractivity contribution in [2.75, 3.05) is 39.8 Å². The molecule has 1 fully saturated rings. The van der Waals surface area contributed by atoms with Gasteiger partial charge in [-0.25, -0.2) is 0 Å². The molecule has 1 aromatic rings. The van der Waals surface area contributed by atoms with Crippen molar-refractivity contribution in [2.45, 2.75) is 25.8 Å². The van der Waals surface area contributed by atoms with Crippen LogP contribution in [0.4, 0.5) is 0 Å². The maximum Gasteiger partial charge on any atom is 0.0485 e. The lowest BCUT2D eigenvalue weighted by Crippen LogP contribution is -2.37. The first-order chi connectivity index (χ1) is 9.22. The van der Waals surface area contributed by atoms with Crippen LogP contribution in [0, 0.1) is 6.92 Å². The molecule has 0 spiro atoms. The van der Waals surface area contributed by atoms with Gasteiger partial charge in [-0.15, -0.1) is 0 Å². The molecule has 2 N–H and O–H groups in total. The zero-order valence-corrected chi connectivity index (χ0v) is 12.2. The van der Waals surface area contributed by atoms with E-state index in [2.05, 4.69) is 34.8 Å². The fourth-order valence-corrected chi connectivity index (χ4v) is 2.83. The first-order valence-electron chi connectivity index (χ1n) is 7.25. The van der Waals surface area contributed by atoms with Crippen molar-refractivity contribution in [1.29, 1.82) is 0 Å². The van der Waals surface area contributed by atoms with Gasteiger partial charge < -0.3 is 10.6 Å². The lowest BCUT2D eigenvalue weighted by atomic mass is 10.0. The molecule has 4 heteroatoms. The summed E-state index contributed by atoms with van der Waals surface area (Å²) in [4.78, 5) is 9.15. The highest BCUT2D eigenvalue weighted by Gasteiger charge is 2.19. The smallest absolute Gasteiger partial charge is 0.0485 e. The number of pyridine rings is 1. The summed E-state index contributed by atoms with van der Waals surface area (Å²) in [5.41, 5.74) is 8.51. The molecule has 1 aliphatic heterocycles. The molecule has 0 aliphatic carbocycles. The maximum atomic E-state index is 5.98. The summed E-state index contributed by atoms with van der Waals surface area (Å²) in [5.74, 6) is 0. The monoisotopic (exact) mass is 262 g/mol. The molecule has 1 unspecified atom stereocenters. The van der Waals surface area contributed by atoms with E-state index in [9.17, 15) is 0 Å². The van der Waals surface area contributed by atoms with Crippen molar-refractivity contribution >= 4 is 0 Å². The van der Waals surface area contributed by atoms with Crippen LogP contribution in [0.25, 0.3) is 0 Å². The first kappa shape index (κ1) is 14.4. The Balaban J connectivity index is 1.94. The number of aryl methyl sites for hydroxylation is 1. The Kier molecular flexibility index (Phi) is 5.31. The normalized spacial score (nSPS) is 18.1. The Hall–Kier alpha value is -0.970. The molecule has 0 saturated carbocycles. The van der Waals surface area contributed by atoms with E-state index in [0.717, 1.165) is 13.1 Å². The summed E-state index contributed by atoms with van der Waals surface area (Å²) in [6.07, 6.45) is 6.51. The maximum absolute atomic E-state index is 5.98. The van der Waals surface area contributed by atoms with Gasteiger partial charge in [0.05, 0.1) is 0 Å². The van der Waals surface area contributed by atoms with Crippen LogP contribution in [0.2, 0.25) is 0 Å². The summed E-state index contributed by atoms with van der Waals surface area (Å²) >= 11 is 0. The van der Waals surface area contributed by atoms with E-state index >= 15 is 0 Å². The number of nitrogens with zero attached hydrogens (tertiary/aromatic N) is 3. The highest BCUT2D eigenvalue weighted by molar-refractivity contribution is 5.25. The van der Waals surface area contributed by atoms with Crippen LogP contribution in [-0.4, -0.2) is 54.6 Å². The van der Waals surface area contributed by atoms with Crippen molar-refractivity contribution in [3.63, 3.8) is 0 Å². The second kappa shape index (κ2) is 6.98. The highest BCUT2D eigenvalue weighted by atomic mass is 15.2. The molecule has 1 aliphatic rings. The predicted molar refractivity (Wildman–Crippen MR) is 79.1 cm³/mol. The molecule has 4 nitrogen and oxygen atoms in total. The Morgan fingerprint density at radius 1 is 1.42 bits per heavy atom. The largest absolute Gasteiger partial charge is 0.329 e. The van der Waals surface area contributed by atoms with Crippen LogP contribution in [0.3, 0.4) is 0 Å². The number of aromatic nitrogens is 1. The van der Waals surface area contributed by atoms with E-state index in [1.54, 1.807) is 0 Å². The number of rotatable bonds is 6. The van der Waals surface area contributed by atoms with E-state index < -0.39 is 0 Å². The van der Waals surface area contributed by atoms with Gasteiger partial charge in [0.1, 0.15) is 0 Å². The van der Waals surface area contributed by atoms with E-state index in [0.29, 0.717) is 6.54 Å². The lowest BCUT2D eigenvalue weighted by Gasteiger charge is -2.29. The number of likely N-dealkylation sites (tertiary alicyclic amines) is 1. The Morgan fingerprint density at radius 2 is 2.16 bits per heavy atom. The molecule has 0 amide bonds. The van der Waals surface area contributed by atoms with Crippen molar-refractivity contribution < 1.29 is 0 Å². The third-order valence-electron chi connectivity index (χ3n) is 4.16. The van der Waals surface area contributed by atoms with E-state index in [-0.39, 0.29) is 6.04 Å². The Bertz CT molecular complexity index is 387. The van der Waals surface area contributed by atoms with Crippen molar-refractivity contribution in [3.05, 3.63) is 29.6 Å². The average molecular weight is 262 g/mol. The number of likely N-dealkylation sites (N-methyl/N-ethyl adjacent to an activating group) is 1. The van der Waals surface area contributed by atoms with Gasteiger partial charge >= 0.3 is 0 Å². The topological polar surface area (TPSA) is 45.4 Å². The van der Waals surface area contributed by atoms with Gasteiger partial charge in [-0.2, -0.15) is 0 Å². The predicted octanol–water partition coefficient (Wildman–Crippen LogP) is 1.42. The van der Waals surface area contributed by atoms with Crippen LogP contribution in [0.1, 0.15) is 30.0 Å². The lowest BCUT2D eigenvalue weighted by molar-refractivity contribution is 0.209. The molecule has 0 bridgehead atoms. The van der Waals surface area contributed by atoms with Crippen molar-refractivity contribution in [1.82, 2.24) is 14.8 Å². The number of hydrogen-bond acceptors (Lipinski definition) is 4. The average Bonchev–Trinajstić information content (AvgIpc) is 2.92. The molecule has 1 atom stereocenters. The van der Waals surface area contributed by atoms with E-state index in [1.807, 2.05) is 12.4 Å². The summed E-state index contributed by atoms with van der Waals surface area (Å²) in [6.45, 7) is 7.50. The summed E-state index contributed by atoms with van der Waals surface area (Å²) in [7, 11) is 2.17. The standard InChI is InChI=1S/C15H26N4/c1-13-5-6-17-12-14(13)15(11-16)18(2)9-10-19-7-3-4-8-19/h5-6,12,15H,3-4,7-11,16H2,1-2H3. The van der Waals surface area contributed by atoms with E-state index in [1.165, 1.54) is 37.1 Å². The highest BCUT2D eigenvalue weighted by Crippen LogP contribution is 2.20. The van der Waals surface area contributed by atoms with E-state index in [4.69, 9.17) is 5.73 Å². The van der Waals surface area contributed by atoms with Crippen LogP contribution in [0.5, 0.6) is 0 Å².